The highest BCUT2D eigenvalue weighted by molar-refractivity contribution is 9.09. The van der Waals surface area contributed by atoms with E-state index in [1.54, 1.807) is 0 Å². The summed E-state index contributed by atoms with van der Waals surface area (Å²) in [7, 11) is 0. The Labute approximate surface area is 197 Å². The van der Waals surface area contributed by atoms with Crippen LogP contribution in [0.2, 0.25) is 0 Å². The predicted molar refractivity (Wildman–Crippen MR) is 137 cm³/mol. The molecule has 0 fully saturated rings. The maximum atomic E-state index is 10.5. The molecule has 0 aromatic rings. The lowest BCUT2D eigenvalue weighted by Crippen LogP contribution is -2.02. The van der Waals surface area contributed by atoms with Crippen LogP contribution in [-0.4, -0.2) is 16.4 Å². The van der Waals surface area contributed by atoms with E-state index < -0.39 is 5.97 Å². The highest BCUT2D eigenvalue weighted by Crippen LogP contribution is 2.21. The molecule has 0 aliphatic carbocycles. The number of alkyl halides is 1. The summed E-state index contributed by atoms with van der Waals surface area (Å²) in [5.74, 6) is 0.184. The first-order valence-electron chi connectivity index (χ1n) is 13.5. The average molecular weight is 490 g/mol. The number of carboxylic acids is 1. The summed E-state index contributed by atoms with van der Waals surface area (Å²) in [6, 6.07) is 0. The Morgan fingerprint density at radius 2 is 0.933 bits per heavy atom. The van der Waals surface area contributed by atoms with Crippen molar-refractivity contribution in [2.45, 2.75) is 155 Å². The van der Waals surface area contributed by atoms with E-state index in [4.69, 9.17) is 5.11 Å². The first-order chi connectivity index (χ1) is 14.7. The van der Waals surface area contributed by atoms with Gasteiger partial charge in [0.15, 0.2) is 0 Å². The van der Waals surface area contributed by atoms with E-state index >= 15 is 0 Å². The molecule has 1 unspecified atom stereocenters. The number of carbonyl (C=O) groups is 1. The SMILES string of the molecule is CCCCCCCCCCCCCCCCCC(CBr)CCCCCCCC(=O)O. The first-order valence-corrected chi connectivity index (χ1v) is 14.6. The Bertz CT molecular complexity index is 346. The van der Waals surface area contributed by atoms with Gasteiger partial charge in [-0.1, -0.05) is 145 Å². The van der Waals surface area contributed by atoms with E-state index in [0.29, 0.717) is 6.42 Å². The van der Waals surface area contributed by atoms with Gasteiger partial charge in [-0.05, 0) is 25.2 Å². The van der Waals surface area contributed by atoms with Crippen LogP contribution in [-0.2, 0) is 4.79 Å². The fraction of sp³-hybridized carbons (Fsp3) is 0.963. The lowest BCUT2D eigenvalue weighted by molar-refractivity contribution is -0.137. The summed E-state index contributed by atoms with van der Waals surface area (Å²) < 4.78 is 0. The van der Waals surface area contributed by atoms with Crippen LogP contribution in [0.4, 0.5) is 0 Å². The number of rotatable bonds is 25. The van der Waals surface area contributed by atoms with Crippen molar-refractivity contribution in [3.05, 3.63) is 0 Å². The molecule has 1 atom stereocenters. The molecular weight excluding hydrogens is 436 g/mol. The largest absolute Gasteiger partial charge is 0.481 e. The zero-order valence-electron chi connectivity index (χ0n) is 20.3. The number of hydrogen-bond donors (Lipinski definition) is 1. The molecule has 0 aromatic heterocycles. The van der Waals surface area contributed by atoms with Crippen molar-refractivity contribution < 1.29 is 9.90 Å². The Morgan fingerprint density at radius 3 is 1.27 bits per heavy atom. The fourth-order valence-corrected chi connectivity index (χ4v) is 4.99. The number of unbranched alkanes of at least 4 members (excludes halogenated alkanes) is 18. The third kappa shape index (κ3) is 24.2. The molecule has 2 nitrogen and oxygen atoms in total. The molecule has 0 amide bonds. The van der Waals surface area contributed by atoms with Gasteiger partial charge in [-0.25, -0.2) is 0 Å². The second kappa shape index (κ2) is 25.2. The van der Waals surface area contributed by atoms with Gasteiger partial charge in [0.05, 0.1) is 0 Å². The Hall–Kier alpha value is -0.0500. The summed E-state index contributed by atoms with van der Waals surface area (Å²) in [6.07, 6.45) is 30.3. The van der Waals surface area contributed by atoms with Crippen molar-refractivity contribution in [3.63, 3.8) is 0 Å². The van der Waals surface area contributed by atoms with Gasteiger partial charge in [0.1, 0.15) is 0 Å². The Morgan fingerprint density at radius 1 is 0.600 bits per heavy atom. The van der Waals surface area contributed by atoms with Crippen LogP contribution in [0, 0.1) is 5.92 Å². The summed E-state index contributed by atoms with van der Waals surface area (Å²) in [4.78, 5) is 10.5. The van der Waals surface area contributed by atoms with Crippen LogP contribution in [0.25, 0.3) is 0 Å². The molecule has 0 aliphatic heterocycles. The van der Waals surface area contributed by atoms with Crippen LogP contribution in [0.15, 0.2) is 0 Å². The summed E-state index contributed by atoms with van der Waals surface area (Å²) in [5.41, 5.74) is 0. The van der Waals surface area contributed by atoms with Gasteiger partial charge >= 0.3 is 5.97 Å². The molecule has 1 N–H and O–H groups in total. The van der Waals surface area contributed by atoms with Crippen LogP contribution in [0.1, 0.15) is 155 Å². The van der Waals surface area contributed by atoms with Gasteiger partial charge in [0.25, 0.3) is 0 Å². The van der Waals surface area contributed by atoms with Gasteiger partial charge < -0.3 is 5.11 Å². The van der Waals surface area contributed by atoms with Gasteiger partial charge in [-0.15, -0.1) is 0 Å². The van der Waals surface area contributed by atoms with E-state index in [-0.39, 0.29) is 0 Å². The third-order valence-electron chi connectivity index (χ3n) is 6.44. The minimum Gasteiger partial charge on any atom is -0.481 e. The van der Waals surface area contributed by atoms with Crippen molar-refractivity contribution in [3.8, 4) is 0 Å². The molecule has 0 radical (unpaired) electrons. The smallest absolute Gasteiger partial charge is 0.303 e. The lowest BCUT2D eigenvalue weighted by atomic mass is 9.95. The highest BCUT2D eigenvalue weighted by atomic mass is 79.9. The van der Waals surface area contributed by atoms with Crippen LogP contribution in [0.5, 0.6) is 0 Å². The molecule has 0 spiro atoms. The maximum Gasteiger partial charge on any atom is 0.303 e. The quantitative estimate of drug-likeness (QED) is 0.102. The van der Waals surface area contributed by atoms with Gasteiger partial charge in [0.2, 0.25) is 0 Å². The van der Waals surface area contributed by atoms with Crippen LogP contribution in [0.3, 0.4) is 0 Å². The number of halogens is 1. The molecule has 3 heteroatoms. The molecular formula is C27H53BrO2. The van der Waals surface area contributed by atoms with Crippen LogP contribution < -0.4 is 0 Å². The van der Waals surface area contributed by atoms with E-state index in [1.165, 1.54) is 128 Å². The fourth-order valence-electron chi connectivity index (χ4n) is 4.34. The zero-order chi connectivity index (χ0) is 22.1. The van der Waals surface area contributed by atoms with Gasteiger partial charge in [0, 0.05) is 11.8 Å². The van der Waals surface area contributed by atoms with E-state index in [0.717, 1.165) is 24.1 Å². The van der Waals surface area contributed by atoms with Crippen LogP contribution >= 0.6 is 15.9 Å². The van der Waals surface area contributed by atoms with Crippen molar-refractivity contribution in [1.29, 1.82) is 0 Å². The second-order valence-corrected chi connectivity index (χ2v) is 10.1. The lowest BCUT2D eigenvalue weighted by Gasteiger charge is -2.13. The van der Waals surface area contributed by atoms with Crippen molar-refractivity contribution in [2.75, 3.05) is 5.33 Å². The average Bonchev–Trinajstić information content (AvgIpc) is 2.74. The minimum atomic E-state index is -0.655. The van der Waals surface area contributed by atoms with Crippen molar-refractivity contribution in [2.24, 2.45) is 5.92 Å². The molecule has 0 aliphatic rings. The van der Waals surface area contributed by atoms with E-state index in [1.807, 2.05) is 0 Å². The monoisotopic (exact) mass is 488 g/mol. The van der Waals surface area contributed by atoms with E-state index in [9.17, 15) is 4.79 Å². The number of aliphatic carboxylic acids is 1. The van der Waals surface area contributed by atoms with Gasteiger partial charge in [-0.2, -0.15) is 0 Å². The minimum absolute atomic E-state index is 0.337. The normalized spacial score (nSPS) is 12.3. The molecule has 0 heterocycles. The number of carboxylic acid groups (broad SMARTS) is 1. The molecule has 0 saturated carbocycles. The van der Waals surface area contributed by atoms with E-state index in [2.05, 4.69) is 22.9 Å². The Balaban J connectivity index is 3.26. The Kier molecular flexibility index (Phi) is 25.2. The summed E-state index contributed by atoms with van der Waals surface area (Å²) >= 11 is 3.71. The molecule has 180 valence electrons. The molecule has 0 bridgehead atoms. The molecule has 0 rings (SSSR count). The zero-order valence-corrected chi connectivity index (χ0v) is 21.9. The topological polar surface area (TPSA) is 37.3 Å². The third-order valence-corrected chi connectivity index (χ3v) is 7.35. The standard InChI is InChI=1S/C27H53BrO2/c1-2-3-4-5-6-7-8-9-10-11-12-13-14-16-19-22-26(25-28)23-20-17-15-18-21-24-27(29)30/h26H,2-25H2,1H3,(H,29,30). The maximum absolute atomic E-state index is 10.5. The second-order valence-electron chi connectivity index (χ2n) is 9.46. The first kappa shape index (κ1) is 29.9. The molecule has 0 aromatic carbocycles. The summed E-state index contributed by atoms with van der Waals surface area (Å²) in [5, 5.41) is 9.79. The van der Waals surface area contributed by atoms with Gasteiger partial charge in [-0.3, -0.25) is 4.79 Å². The van der Waals surface area contributed by atoms with Crippen molar-refractivity contribution >= 4 is 21.9 Å². The predicted octanol–water partition coefficient (Wildman–Crippen LogP) is 10.1. The van der Waals surface area contributed by atoms with Crippen molar-refractivity contribution in [1.82, 2.24) is 0 Å². The molecule has 30 heavy (non-hydrogen) atoms. The summed E-state index contributed by atoms with van der Waals surface area (Å²) in [6.45, 7) is 2.29. The highest BCUT2D eigenvalue weighted by Gasteiger charge is 2.07. The molecule has 0 saturated heterocycles. The number of hydrogen-bond acceptors (Lipinski definition) is 1.